The van der Waals surface area contributed by atoms with Gasteiger partial charge in [-0.05, 0) is 26.9 Å². The number of rotatable bonds is 4. The Kier molecular flexibility index (Phi) is 12.1. The number of carbonyl (C=O) groups is 1. The molecule has 1 aliphatic heterocycles. The van der Waals surface area contributed by atoms with Crippen molar-refractivity contribution < 1.29 is 4.79 Å². The van der Waals surface area contributed by atoms with Crippen LogP contribution < -0.4 is 11.1 Å². The van der Waals surface area contributed by atoms with E-state index < -0.39 is 0 Å². The minimum atomic E-state index is -0.279. The highest BCUT2D eigenvalue weighted by molar-refractivity contribution is 5.86. The van der Waals surface area contributed by atoms with Gasteiger partial charge in [0.05, 0.1) is 5.41 Å². The van der Waals surface area contributed by atoms with Crippen molar-refractivity contribution in [2.75, 3.05) is 46.8 Å². The SMILES string of the molecule is CN1CCN(C)C(CNC(=O)C2(CN)CCCC2)C1.Cl.Cl.Cl. The highest BCUT2D eigenvalue weighted by Gasteiger charge is 2.40. The van der Waals surface area contributed by atoms with Crippen LogP contribution in [0.4, 0.5) is 0 Å². The average Bonchev–Trinajstić information content (AvgIpc) is 2.89. The molecule has 134 valence electrons. The Morgan fingerprint density at radius 1 is 1.18 bits per heavy atom. The number of halogens is 3. The first-order chi connectivity index (χ1) is 9.07. The molecule has 22 heavy (non-hydrogen) atoms. The van der Waals surface area contributed by atoms with Gasteiger partial charge in [0.2, 0.25) is 5.91 Å². The Balaban J connectivity index is 0. The Morgan fingerprint density at radius 2 is 1.77 bits per heavy atom. The van der Waals surface area contributed by atoms with Gasteiger partial charge in [0.15, 0.2) is 0 Å². The van der Waals surface area contributed by atoms with Crippen molar-refractivity contribution in [2.45, 2.75) is 31.7 Å². The van der Waals surface area contributed by atoms with Crippen molar-refractivity contribution in [3.63, 3.8) is 0 Å². The summed E-state index contributed by atoms with van der Waals surface area (Å²) < 4.78 is 0. The van der Waals surface area contributed by atoms with E-state index in [0.717, 1.165) is 51.9 Å². The number of hydrogen-bond acceptors (Lipinski definition) is 4. The van der Waals surface area contributed by atoms with Crippen molar-refractivity contribution >= 4 is 43.1 Å². The first-order valence-electron chi connectivity index (χ1n) is 7.44. The summed E-state index contributed by atoms with van der Waals surface area (Å²) in [5.41, 5.74) is 5.57. The molecule has 2 fully saturated rings. The monoisotopic (exact) mass is 376 g/mol. The minimum absolute atomic E-state index is 0. The first-order valence-corrected chi connectivity index (χ1v) is 7.44. The van der Waals surface area contributed by atoms with Gasteiger partial charge in [-0.2, -0.15) is 0 Å². The quantitative estimate of drug-likeness (QED) is 0.771. The van der Waals surface area contributed by atoms with E-state index in [1.54, 1.807) is 0 Å². The zero-order chi connectivity index (χ0) is 13.9. The molecular formula is C14H31Cl3N4O. The number of piperazine rings is 1. The van der Waals surface area contributed by atoms with Gasteiger partial charge in [-0.25, -0.2) is 0 Å². The third-order valence-corrected chi connectivity index (χ3v) is 4.91. The van der Waals surface area contributed by atoms with E-state index in [0.29, 0.717) is 12.6 Å². The lowest BCUT2D eigenvalue weighted by Crippen LogP contribution is -2.56. The predicted molar refractivity (Wildman–Crippen MR) is 98.6 cm³/mol. The molecular weight excluding hydrogens is 347 g/mol. The molecule has 1 atom stereocenters. The second-order valence-electron chi connectivity index (χ2n) is 6.30. The van der Waals surface area contributed by atoms with E-state index in [1.807, 2.05) is 0 Å². The zero-order valence-corrected chi connectivity index (χ0v) is 16.0. The topological polar surface area (TPSA) is 61.6 Å². The van der Waals surface area contributed by atoms with Gasteiger partial charge in [0.25, 0.3) is 0 Å². The molecule has 1 aliphatic carbocycles. The van der Waals surface area contributed by atoms with Crippen LogP contribution in [-0.4, -0.2) is 68.6 Å². The molecule has 2 rings (SSSR count). The summed E-state index contributed by atoms with van der Waals surface area (Å²) in [5.74, 6) is 0.175. The lowest BCUT2D eigenvalue weighted by atomic mass is 9.85. The summed E-state index contributed by atoms with van der Waals surface area (Å²) >= 11 is 0. The molecule has 0 aromatic carbocycles. The lowest BCUT2D eigenvalue weighted by molar-refractivity contribution is -0.130. The molecule has 3 N–H and O–H groups in total. The number of nitrogens with two attached hydrogens (primary N) is 1. The summed E-state index contributed by atoms with van der Waals surface area (Å²) in [6.45, 7) is 4.42. The van der Waals surface area contributed by atoms with Crippen molar-refractivity contribution in [3.8, 4) is 0 Å². The number of carbonyl (C=O) groups excluding carboxylic acids is 1. The summed E-state index contributed by atoms with van der Waals surface area (Å²) in [6, 6.07) is 0.416. The molecule has 5 nitrogen and oxygen atoms in total. The Bertz CT molecular complexity index is 327. The van der Waals surface area contributed by atoms with Crippen molar-refractivity contribution in [1.82, 2.24) is 15.1 Å². The van der Waals surface area contributed by atoms with Crippen LogP contribution in [0.2, 0.25) is 0 Å². The fraction of sp³-hybridized carbons (Fsp3) is 0.929. The summed E-state index contributed by atoms with van der Waals surface area (Å²) in [5, 5.41) is 3.15. The molecule has 1 saturated heterocycles. The first kappa shape index (κ1) is 24.5. The maximum absolute atomic E-state index is 12.4. The molecule has 1 heterocycles. The van der Waals surface area contributed by atoms with E-state index in [2.05, 4.69) is 29.2 Å². The van der Waals surface area contributed by atoms with Crippen LogP contribution >= 0.6 is 37.2 Å². The van der Waals surface area contributed by atoms with Crippen LogP contribution in [0.15, 0.2) is 0 Å². The molecule has 8 heteroatoms. The third kappa shape index (κ3) is 5.69. The van der Waals surface area contributed by atoms with Gasteiger partial charge >= 0.3 is 0 Å². The number of likely N-dealkylation sites (N-methyl/N-ethyl adjacent to an activating group) is 2. The second-order valence-corrected chi connectivity index (χ2v) is 6.30. The number of hydrogen-bond donors (Lipinski definition) is 2. The van der Waals surface area contributed by atoms with E-state index in [1.165, 1.54) is 0 Å². The highest BCUT2D eigenvalue weighted by atomic mass is 35.5. The van der Waals surface area contributed by atoms with Crippen molar-refractivity contribution in [3.05, 3.63) is 0 Å². The lowest BCUT2D eigenvalue weighted by Gasteiger charge is -2.38. The fourth-order valence-electron chi connectivity index (χ4n) is 3.30. The smallest absolute Gasteiger partial charge is 0.227 e. The molecule has 1 amide bonds. The number of amides is 1. The van der Waals surface area contributed by atoms with Crippen LogP contribution in [-0.2, 0) is 4.79 Å². The van der Waals surface area contributed by atoms with Crippen LogP contribution in [0, 0.1) is 5.41 Å². The number of nitrogens with zero attached hydrogens (tertiary/aromatic N) is 2. The van der Waals surface area contributed by atoms with E-state index in [9.17, 15) is 4.79 Å². The Labute approximate surface area is 153 Å². The van der Waals surface area contributed by atoms with Gasteiger partial charge in [-0.15, -0.1) is 37.2 Å². The van der Waals surface area contributed by atoms with Gasteiger partial charge in [0.1, 0.15) is 0 Å². The standard InChI is InChI=1S/C14H28N4O.3ClH/c1-17-7-8-18(2)12(10-17)9-16-13(19)14(11-15)5-3-4-6-14;;;/h12H,3-11,15H2,1-2H3,(H,16,19);3*1H. The molecule has 0 spiro atoms. The molecule has 1 saturated carbocycles. The molecule has 1 unspecified atom stereocenters. The Morgan fingerprint density at radius 3 is 2.32 bits per heavy atom. The summed E-state index contributed by atoms with van der Waals surface area (Å²) in [6.07, 6.45) is 4.18. The summed E-state index contributed by atoms with van der Waals surface area (Å²) in [7, 11) is 4.28. The predicted octanol–water partition coefficient (Wildman–Crippen LogP) is 1.13. The zero-order valence-electron chi connectivity index (χ0n) is 13.5. The fourth-order valence-corrected chi connectivity index (χ4v) is 3.30. The van der Waals surface area contributed by atoms with Gasteiger partial charge in [-0.3, -0.25) is 9.69 Å². The van der Waals surface area contributed by atoms with Gasteiger partial charge in [0, 0.05) is 38.8 Å². The largest absolute Gasteiger partial charge is 0.354 e. The minimum Gasteiger partial charge on any atom is -0.354 e. The Hall–Kier alpha value is 0.220. The van der Waals surface area contributed by atoms with Crippen LogP contribution in [0.3, 0.4) is 0 Å². The average molecular weight is 378 g/mol. The molecule has 0 aromatic rings. The van der Waals surface area contributed by atoms with Crippen LogP contribution in [0.5, 0.6) is 0 Å². The maximum atomic E-state index is 12.4. The highest BCUT2D eigenvalue weighted by Crippen LogP contribution is 2.37. The van der Waals surface area contributed by atoms with Crippen molar-refractivity contribution in [2.24, 2.45) is 11.1 Å². The van der Waals surface area contributed by atoms with E-state index in [4.69, 9.17) is 5.73 Å². The molecule has 2 aliphatic rings. The third-order valence-electron chi connectivity index (χ3n) is 4.91. The molecule has 0 radical (unpaired) electrons. The normalized spacial score (nSPS) is 24.6. The summed E-state index contributed by atoms with van der Waals surface area (Å²) in [4.78, 5) is 17.1. The van der Waals surface area contributed by atoms with Crippen molar-refractivity contribution in [1.29, 1.82) is 0 Å². The number of nitrogens with one attached hydrogen (secondary N) is 1. The van der Waals surface area contributed by atoms with Crippen LogP contribution in [0.1, 0.15) is 25.7 Å². The second kappa shape index (κ2) is 10.9. The molecule has 0 bridgehead atoms. The van der Waals surface area contributed by atoms with Gasteiger partial charge < -0.3 is 16.0 Å². The molecule has 0 aromatic heterocycles. The van der Waals surface area contributed by atoms with Gasteiger partial charge in [-0.1, -0.05) is 12.8 Å². The van der Waals surface area contributed by atoms with E-state index >= 15 is 0 Å². The van der Waals surface area contributed by atoms with E-state index in [-0.39, 0.29) is 48.5 Å². The maximum Gasteiger partial charge on any atom is 0.227 e. The van der Waals surface area contributed by atoms with Crippen LogP contribution in [0.25, 0.3) is 0 Å².